The minimum absolute atomic E-state index is 0.134. The molecule has 0 aromatic heterocycles. The molecular weight excluding hydrogens is 285 g/mol. The second-order valence-corrected chi connectivity index (χ2v) is 5.44. The summed E-state index contributed by atoms with van der Waals surface area (Å²) in [5.41, 5.74) is -0.431. The molecule has 0 fully saturated rings. The van der Waals surface area contributed by atoms with E-state index in [1.807, 2.05) is 6.92 Å². The normalized spacial score (nSPS) is 19.7. The largest absolute Gasteiger partial charge is 0.375 e. The third-order valence-corrected chi connectivity index (χ3v) is 3.84. The van der Waals surface area contributed by atoms with Crippen LogP contribution >= 0.6 is 0 Å². The number of aliphatic hydroxyl groups is 1. The monoisotopic (exact) mass is 299 g/mol. The second-order valence-electron chi connectivity index (χ2n) is 5.44. The average molecular weight is 299 g/mol. The van der Waals surface area contributed by atoms with Crippen LogP contribution in [0.4, 0.5) is 10.1 Å². The van der Waals surface area contributed by atoms with Gasteiger partial charge in [0.2, 0.25) is 0 Å². The van der Waals surface area contributed by atoms with Crippen molar-refractivity contribution in [3.63, 3.8) is 0 Å². The SMILES string of the molecule is Cc1ccc2c(c1)[C@@](O)(CC(=O)c1ccccc1F)C(=O)N2. The van der Waals surface area contributed by atoms with E-state index in [2.05, 4.69) is 5.32 Å². The predicted octanol–water partition coefficient (Wildman–Crippen LogP) is 2.55. The molecule has 0 radical (unpaired) electrons. The molecule has 3 rings (SSSR count). The molecule has 112 valence electrons. The standard InChI is InChI=1S/C17H14FNO3/c1-10-6-7-14-12(8-10)17(22,16(21)19-14)9-15(20)11-4-2-3-5-13(11)18/h2-8,22H,9H2,1H3,(H,19,21)/t17-/m0/s1. The Kier molecular flexibility index (Phi) is 3.30. The Hall–Kier alpha value is -2.53. The molecule has 1 atom stereocenters. The third-order valence-electron chi connectivity index (χ3n) is 3.84. The van der Waals surface area contributed by atoms with Crippen molar-refractivity contribution >= 4 is 17.4 Å². The van der Waals surface area contributed by atoms with Crippen LogP contribution in [0.15, 0.2) is 42.5 Å². The fourth-order valence-electron chi connectivity index (χ4n) is 2.65. The topological polar surface area (TPSA) is 66.4 Å². The number of carbonyl (C=O) groups excluding carboxylic acids is 2. The summed E-state index contributed by atoms with van der Waals surface area (Å²) in [5, 5.41) is 13.3. The van der Waals surface area contributed by atoms with Crippen molar-refractivity contribution in [2.45, 2.75) is 18.9 Å². The Morgan fingerprint density at radius 1 is 1.27 bits per heavy atom. The number of fused-ring (bicyclic) bond motifs is 1. The Balaban J connectivity index is 1.98. The summed E-state index contributed by atoms with van der Waals surface area (Å²) in [6.45, 7) is 1.82. The van der Waals surface area contributed by atoms with Crippen molar-refractivity contribution in [2.75, 3.05) is 5.32 Å². The van der Waals surface area contributed by atoms with Gasteiger partial charge in [0.1, 0.15) is 5.82 Å². The van der Waals surface area contributed by atoms with Gasteiger partial charge < -0.3 is 10.4 Å². The molecule has 0 unspecified atom stereocenters. The zero-order valence-corrected chi connectivity index (χ0v) is 11.9. The van der Waals surface area contributed by atoms with Gasteiger partial charge in [0.05, 0.1) is 12.0 Å². The number of hydrogen-bond acceptors (Lipinski definition) is 3. The molecule has 1 aliphatic rings. The number of anilines is 1. The molecule has 2 aromatic carbocycles. The minimum Gasteiger partial charge on any atom is -0.375 e. The van der Waals surface area contributed by atoms with Gasteiger partial charge in [-0.2, -0.15) is 0 Å². The average Bonchev–Trinajstić information content (AvgIpc) is 2.71. The Morgan fingerprint density at radius 3 is 2.73 bits per heavy atom. The number of halogens is 1. The number of hydrogen-bond donors (Lipinski definition) is 2. The molecule has 4 nitrogen and oxygen atoms in total. The van der Waals surface area contributed by atoms with Gasteiger partial charge in [-0.15, -0.1) is 0 Å². The van der Waals surface area contributed by atoms with Crippen LogP contribution in [0.2, 0.25) is 0 Å². The molecule has 0 spiro atoms. The summed E-state index contributed by atoms with van der Waals surface area (Å²) in [6, 6.07) is 10.6. The summed E-state index contributed by atoms with van der Waals surface area (Å²) in [4.78, 5) is 24.4. The Morgan fingerprint density at radius 2 is 2.00 bits per heavy atom. The number of ketones is 1. The molecule has 0 saturated heterocycles. The van der Waals surface area contributed by atoms with Gasteiger partial charge in [-0.1, -0.05) is 29.8 Å². The molecule has 1 aliphatic heterocycles. The molecule has 1 heterocycles. The minimum atomic E-state index is -1.97. The fraction of sp³-hybridized carbons (Fsp3) is 0.176. The van der Waals surface area contributed by atoms with Crippen LogP contribution in [0, 0.1) is 12.7 Å². The quantitative estimate of drug-likeness (QED) is 0.856. The van der Waals surface area contributed by atoms with Crippen molar-refractivity contribution in [2.24, 2.45) is 0 Å². The maximum absolute atomic E-state index is 13.7. The van der Waals surface area contributed by atoms with E-state index < -0.39 is 29.5 Å². The number of carbonyl (C=O) groups is 2. The highest BCUT2D eigenvalue weighted by Crippen LogP contribution is 2.39. The maximum Gasteiger partial charge on any atom is 0.261 e. The van der Waals surface area contributed by atoms with Crippen LogP contribution in [-0.2, 0) is 10.4 Å². The van der Waals surface area contributed by atoms with Crippen LogP contribution < -0.4 is 5.32 Å². The molecule has 0 aliphatic carbocycles. The van der Waals surface area contributed by atoms with Crippen molar-refractivity contribution < 1.29 is 19.1 Å². The van der Waals surface area contributed by atoms with Gasteiger partial charge in [-0.25, -0.2) is 4.39 Å². The van der Waals surface area contributed by atoms with Gasteiger partial charge in [-0.05, 0) is 25.1 Å². The van der Waals surface area contributed by atoms with Gasteiger partial charge in [0.25, 0.3) is 5.91 Å². The van der Waals surface area contributed by atoms with E-state index in [-0.39, 0.29) is 5.56 Å². The van der Waals surface area contributed by atoms with Crippen LogP contribution in [0.25, 0.3) is 0 Å². The lowest BCUT2D eigenvalue weighted by Crippen LogP contribution is -2.36. The molecule has 2 N–H and O–H groups in total. The highest BCUT2D eigenvalue weighted by molar-refractivity contribution is 6.09. The molecule has 1 amide bonds. The van der Waals surface area contributed by atoms with Gasteiger partial charge in [0, 0.05) is 11.3 Å². The first-order chi connectivity index (χ1) is 10.4. The zero-order chi connectivity index (χ0) is 15.9. The van der Waals surface area contributed by atoms with Crippen LogP contribution in [0.5, 0.6) is 0 Å². The molecule has 5 heteroatoms. The number of rotatable bonds is 3. The molecule has 2 aromatic rings. The predicted molar refractivity (Wildman–Crippen MR) is 79.1 cm³/mol. The van der Waals surface area contributed by atoms with Crippen molar-refractivity contribution in [1.82, 2.24) is 0 Å². The summed E-state index contributed by atoms with van der Waals surface area (Å²) in [7, 11) is 0. The van der Waals surface area contributed by atoms with E-state index in [9.17, 15) is 19.1 Å². The molecular formula is C17H14FNO3. The number of aryl methyl sites for hydroxylation is 1. The van der Waals surface area contributed by atoms with Crippen molar-refractivity contribution in [1.29, 1.82) is 0 Å². The van der Waals surface area contributed by atoms with Gasteiger partial charge >= 0.3 is 0 Å². The number of benzene rings is 2. The first-order valence-electron chi connectivity index (χ1n) is 6.84. The fourth-order valence-corrected chi connectivity index (χ4v) is 2.65. The van der Waals surface area contributed by atoms with E-state index in [4.69, 9.17) is 0 Å². The number of amides is 1. The van der Waals surface area contributed by atoms with E-state index in [1.165, 1.54) is 24.3 Å². The summed E-state index contributed by atoms with van der Waals surface area (Å²) in [5.74, 6) is -1.96. The van der Waals surface area contributed by atoms with Crippen molar-refractivity contribution in [3.05, 3.63) is 65.0 Å². The lowest BCUT2D eigenvalue weighted by Gasteiger charge is -2.20. The smallest absolute Gasteiger partial charge is 0.261 e. The number of nitrogens with one attached hydrogen (secondary N) is 1. The summed E-state index contributed by atoms with van der Waals surface area (Å²) in [6.07, 6.45) is -0.504. The van der Waals surface area contributed by atoms with Crippen LogP contribution in [0.1, 0.15) is 27.9 Å². The van der Waals surface area contributed by atoms with Crippen LogP contribution in [-0.4, -0.2) is 16.8 Å². The molecule has 0 saturated carbocycles. The lowest BCUT2D eigenvalue weighted by molar-refractivity contribution is -0.133. The highest BCUT2D eigenvalue weighted by Gasteiger charge is 2.47. The van der Waals surface area contributed by atoms with Crippen molar-refractivity contribution in [3.8, 4) is 0 Å². The Bertz CT molecular complexity index is 787. The Labute approximate surface area is 126 Å². The molecule has 0 bridgehead atoms. The van der Waals surface area contributed by atoms with E-state index in [1.54, 1.807) is 18.2 Å². The highest BCUT2D eigenvalue weighted by atomic mass is 19.1. The first-order valence-corrected chi connectivity index (χ1v) is 6.84. The van der Waals surface area contributed by atoms with E-state index in [0.717, 1.165) is 5.56 Å². The number of Topliss-reactive ketones (excluding diaryl/α,β-unsaturated/α-hetero) is 1. The summed E-state index contributed by atoms with van der Waals surface area (Å²) < 4.78 is 13.7. The third kappa shape index (κ3) is 2.19. The molecule has 22 heavy (non-hydrogen) atoms. The second kappa shape index (κ2) is 5.03. The first kappa shape index (κ1) is 14.4. The summed E-state index contributed by atoms with van der Waals surface area (Å²) >= 11 is 0. The van der Waals surface area contributed by atoms with Crippen LogP contribution in [0.3, 0.4) is 0 Å². The van der Waals surface area contributed by atoms with Gasteiger partial charge in [0.15, 0.2) is 11.4 Å². The zero-order valence-electron chi connectivity index (χ0n) is 11.9. The van der Waals surface area contributed by atoms with E-state index >= 15 is 0 Å². The maximum atomic E-state index is 13.7. The van der Waals surface area contributed by atoms with E-state index in [0.29, 0.717) is 11.3 Å². The van der Waals surface area contributed by atoms with Gasteiger partial charge in [-0.3, -0.25) is 9.59 Å². The lowest BCUT2D eigenvalue weighted by atomic mass is 9.87.